The summed E-state index contributed by atoms with van der Waals surface area (Å²) in [6, 6.07) is 24.3. The van der Waals surface area contributed by atoms with E-state index in [2.05, 4.69) is 5.32 Å². The van der Waals surface area contributed by atoms with E-state index in [1.54, 1.807) is 24.1 Å². The maximum Gasteiger partial charge on any atom is 0.261 e. The first-order valence-corrected chi connectivity index (χ1v) is 12.4. The van der Waals surface area contributed by atoms with Gasteiger partial charge < -0.3 is 19.7 Å². The summed E-state index contributed by atoms with van der Waals surface area (Å²) in [5, 5.41) is 3.08. The van der Waals surface area contributed by atoms with Gasteiger partial charge in [-0.15, -0.1) is 0 Å². The van der Waals surface area contributed by atoms with Gasteiger partial charge in [0.2, 0.25) is 5.91 Å². The third-order valence-electron chi connectivity index (χ3n) is 6.13. The Hall–Kier alpha value is -3.80. The number of hydrogen-bond donors (Lipinski definition) is 1. The minimum atomic E-state index is -0.698. The number of benzene rings is 3. The van der Waals surface area contributed by atoms with Gasteiger partial charge in [0.25, 0.3) is 5.91 Å². The van der Waals surface area contributed by atoms with Crippen molar-refractivity contribution in [3.05, 3.63) is 95.6 Å². The molecule has 0 bridgehead atoms. The Morgan fingerprint density at radius 1 is 0.917 bits per heavy atom. The van der Waals surface area contributed by atoms with Crippen LogP contribution in [0.4, 0.5) is 0 Å². The van der Waals surface area contributed by atoms with Crippen LogP contribution in [0.3, 0.4) is 0 Å². The normalized spacial score (nSPS) is 12.3. The van der Waals surface area contributed by atoms with Crippen LogP contribution in [0.5, 0.6) is 11.5 Å². The van der Waals surface area contributed by atoms with E-state index in [4.69, 9.17) is 9.47 Å². The molecule has 0 saturated carbocycles. The maximum absolute atomic E-state index is 13.7. The van der Waals surface area contributed by atoms with Gasteiger partial charge in [-0.05, 0) is 43.5 Å². The number of amides is 2. The largest absolute Gasteiger partial charge is 0.493 e. The topological polar surface area (TPSA) is 67.9 Å². The number of aryl methyl sites for hydroxylation is 1. The van der Waals surface area contributed by atoms with Crippen molar-refractivity contribution in [2.45, 2.75) is 52.2 Å². The second-order valence-electron chi connectivity index (χ2n) is 8.97. The van der Waals surface area contributed by atoms with Crippen LogP contribution in [0.25, 0.3) is 0 Å². The molecule has 1 N–H and O–H groups in total. The van der Waals surface area contributed by atoms with Gasteiger partial charge in [0.15, 0.2) is 18.1 Å². The first kappa shape index (κ1) is 26.8. The van der Waals surface area contributed by atoms with Crippen molar-refractivity contribution >= 4 is 11.8 Å². The fourth-order valence-corrected chi connectivity index (χ4v) is 3.96. The Morgan fingerprint density at radius 2 is 1.58 bits per heavy atom. The molecule has 3 aromatic carbocycles. The molecule has 2 atom stereocenters. The minimum Gasteiger partial charge on any atom is -0.493 e. The van der Waals surface area contributed by atoms with Crippen molar-refractivity contribution in [3.63, 3.8) is 0 Å². The molecule has 0 heterocycles. The summed E-state index contributed by atoms with van der Waals surface area (Å²) in [6.45, 7) is 6.08. The summed E-state index contributed by atoms with van der Waals surface area (Å²) in [7, 11) is 1.56. The summed E-state index contributed by atoms with van der Waals surface area (Å²) < 4.78 is 11.2. The smallest absolute Gasteiger partial charge is 0.261 e. The summed E-state index contributed by atoms with van der Waals surface area (Å²) in [5.74, 6) is 0.576. The average molecular weight is 489 g/mol. The Bertz CT molecular complexity index is 1130. The molecule has 0 saturated heterocycles. The Labute approximate surface area is 214 Å². The molecule has 0 unspecified atom stereocenters. The highest BCUT2D eigenvalue weighted by Gasteiger charge is 2.31. The Morgan fingerprint density at radius 3 is 2.25 bits per heavy atom. The molecule has 3 rings (SSSR count). The van der Waals surface area contributed by atoms with E-state index in [0.717, 1.165) is 23.1 Å². The molecule has 0 aliphatic heterocycles. The highest BCUT2D eigenvalue weighted by molar-refractivity contribution is 5.88. The van der Waals surface area contributed by atoms with Crippen molar-refractivity contribution in [2.24, 2.45) is 0 Å². The number of hydrogen-bond acceptors (Lipinski definition) is 4. The summed E-state index contributed by atoms with van der Waals surface area (Å²) >= 11 is 0. The molecule has 0 fully saturated rings. The fourth-order valence-electron chi connectivity index (χ4n) is 3.96. The number of nitrogens with zero attached hydrogens (tertiary/aromatic N) is 1. The zero-order valence-corrected chi connectivity index (χ0v) is 21.6. The molecular weight excluding hydrogens is 452 g/mol. The van der Waals surface area contributed by atoms with E-state index in [-0.39, 0.29) is 24.5 Å². The Kier molecular flexibility index (Phi) is 9.92. The lowest BCUT2D eigenvalue weighted by Crippen LogP contribution is -2.53. The molecule has 6 heteroatoms. The molecule has 0 aliphatic carbocycles. The number of para-hydroxylation sites is 2. The van der Waals surface area contributed by atoms with Gasteiger partial charge in [0.1, 0.15) is 6.04 Å². The van der Waals surface area contributed by atoms with Crippen LogP contribution in [0, 0.1) is 6.92 Å². The van der Waals surface area contributed by atoms with E-state index in [1.165, 1.54) is 0 Å². The quantitative estimate of drug-likeness (QED) is 0.392. The van der Waals surface area contributed by atoms with E-state index in [0.29, 0.717) is 24.5 Å². The molecule has 0 radical (unpaired) electrons. The van der Waals surface area contributed by atoms with Crippen molar-refractivity contribution in [1.29, 1.82) is 0 Å². The van der Waals surface area contributed by atoms with Gasteiger partial charge in [-0.25, -0.2) is 0 Å². The first-order valence-electron chi connectivity index (χ1n) is 12.4. The number of nitrogens with one attached hydrogen (secondary N) is 1. The van der Waals surface area contributed by atoms with Gasteiger partial charge in [0, 0.05) is 19.0 Å². The maximum atomic E-state index is 13.7. The number of ether oxygens (including phenoxy) is 2. The summed E-state index contributed by atoms with van der Waals surface area (Å²) in [6.07, 6.45) is 1.20. The number of methoxy groups -OCH3 is 1. The molecule has 2 amide bonds. The lowest BCUT2D eigenvalue weighted by atomic mass is 10.0. The number of carbonyl (C=O) groups excluding carboxylic acids is 2. The lowest BCUT2D eigenvalue weighted by molar-refractivity contribution is -0.143. The van der Waals surface area contributed by atoms with Crippen LogP contribution >= 0.6 is 0 Å². The number of carbonyl (C=O) groups is 2. The van der Waals surface area contributed by atoms with Gasteiger partial charge in [-0.1, -0.05) is 79.2 Å². The predicted molar refractivity (Wildman–Crippen MR) is 142 cm³/mol. The molecule has 190 valence electrons. The third kappa shape index (κ3) is 7.60. The van der Waals surface area contributed by atoms with Crippen molar-refractivity contribution in [3.8, 4) is 11.5 Å². The summed E-state index contributed by atoms with van der Waals surface area (Å²) in [5.41, 5.74) is 3.03. The molecule has 3 aromatic rings. The van der Waals surface area contributed by atoms with Crippen LogP contribution in [0.15, 0.2) is 78.9 Å². The second kappa shape index (κ2) is 13.3. The Balaban J connectivity index is 1.93. The van der Waals surface area contributed by atoms with Crippen LogP contribution < -0.4 is 14.8 Å². The molecule has 6 nitrogen and oxygen atoms in total. The van der Waals surface area contributed by atoms with Crippen LogP contribution in [-0.4, -0.2) is 42.5 Å². The highest BCUT2D eigenvalue weighted by atomic mass is 16.5. The monoisotopic (exact) mass is 488 g/mol. The first-order chi connectivity index (χ1) is 17.4. The highest BCUT2D eigenvalue weighted by Crippen LogP contribution is 2.26. The van der Waals surface area contributed by atoms with Gasteiger partial charge in [0.05, 0.1) is 7.11 Å². The molecule has 0 spiro atoms. The predicted octanol–water partition coefficient (Wildman–Crippen LogP) is 4.94. The van der Waals surface area contributed by atoms with Crippen molar-refractivity contribution < 1.29 is 19.1 Å². The van der Waals surface area contributed by atoms with Crippen molar-refractivity contribution in [2.75, 3.05) is 13.7 Å². The minimum absolute atomic E-state index is 0.00322. The average Bonchev–Trinajstić information content (AvgIpc) is 2.89. The second-order valence-corrected chi connectivity index (χ2v) is 8.97. The van der Waals surface area contributed by atoms with Gasteiger partial charge in [-0.2, -0.15) is 0 Å². The van der Waals surface area contributed by atoms with Crippen molar-refractivity contribution in [1.82, 2.24) is 10.2 Å². The van der Waals surface area contributed by atoms with Gasteiger partial charge in [-0.3, -0.25) is 9.59 Å². The molecule has 36 heavy (non-hydrogen) atoms. The van der Waals surface area contributed by atoms with E-state index < -0.39 is 6.04 Å². The molecule has 0 aromatic heterocycles. The van der Waals surface area contributed by atoms with E-state index in [9.17, 15) is 9.59 Å². The molecular formula is C30H36N2O4. The molecule has 0 aliphatic rings. The number of rotatable bonds is 12. The zero-order chi connectivity index (χ0) is 25.9. The van der Waals surface area contributed by atoms with Crippen LogP contribution in [-0.2, 0) is 22.6 Å². The standard InChI is InChI=1S/C30H36N2O4/c1-5-23(3)31-30(34)26(19-24-13-7-6-8-14-24)32(20-25-15-11-12-22(2)18-25)29(33)21-36-28-17-10-9-16-27(28)35-4/h6-18,23,26H,5,19-21H2,1-4H3,(H,31,34)/t23-,26-/m1/s1. The third-order valence-corrected chi connectivity index (χ3v) is 6.13. The summed E-state index contributed by atoms with van der Waals surface area (Å²) in [4.78, 5) is 28.8. The zero-order valence-electron chi connectivity index (χ0n) is 21.6. The van der Waals surface area contributed by atoms with Crippen LogP contribution in [0.1, 0.15) is 37.0 Å². The van der Waals surface area contributed by atoms with E-state index in [1.807, 2.05) is 87.5 Å². The SMILES string of the molecule is CC[C@@H](C)NC(=O)[C@@H](Cc1ccccc1)N(Cc1cccc(C)c1)C(=O)COc1ccccc1OC. The van der Waals surface area contributed by atoms with Gasteiger partial charge >= 0.3 is 0 Å². The van der Waals surface area contributed by atoms with E-state index >= 15 is 0 Å². The van der Waals surface area contributed by atoms with Crippen LogP contribution in [0.2, 0.25) is 0 Å². The lowest BCUT2D eigenvalue weighted by Gasteiger charge is -2.32. The fraction of sp³-hybridized carbons (Fsp3) is 0.333.